The predicted molar refractivity (Wildman–Crippen MR) is 118 cm³/mol. The summed E-state index contributed by atoms with van der Waals surface area (Å²) in [6, 6.07) is 13.9. The second-order valence-corrected chi connectivity index (χ2v) is 7.92. The van der Waals surface area contributed by atoms with Crippen LogP contribution < -0.4 is 4.90 Å². The van der Waals surface area contributed by atoms with Gasteiger partial charge in [0.2, 0.25) is 0 Å². The molecule has 1 aliphatic heterocycles. The van der Waals surface area contributed by atoms with Crippen LogP contribution in [0.1, 0.15) is 38.3 Å². The molecular weight excluding hydrogens is 450 g/mol. The van der Waals surface area contributed by atoms with E-state index in [-0.39, 0.29) is 28.4 Å². The van der Waals surface area contributed by atoms with Crippen molar-refractivity contribution < 1.29 is 27.2 Å². The van der Waals surface area contributed by atoms with Gasteiger partial charge >= 0.3 is 6.18 Å². The number of amides is 1. The number of aromatic nitrogens is 1. The van der Waals surface area contributed by atoms with Crippen molar-refractivity contribution in [1.82, 2.24) is 9.88 Å². The van der Waals surface area contributed by atoms with Gasteiger partial charge in [-0.1, -0.05) is 18.2 Å². The van der Waals surface area contributed by atoms with E-state index in [1.165, 1.54) is 30.3 Å². The molecule has 0 saturated carbocycles. The van der Waals surface area contributed by atoms with Crippen LogP contribution in [0.2, 0.25) is 0 Å². The highest BCUT2D eigenvalue weighted by Crippen LogP contribution is 2.29. The fourth-order valence-corrected chi connectivity index (χ4v) is 3.89. The molecule has 0 atom stereocenters. The molecule has 1 saturated heterocycles. The van der Waals surface area contributed by atoms with Gasteiger partial charge in [0.15, 0.2) is 5.78 Å². The number of halogens is 4. The number of benzene rings is 2. The number of hydrogen-bond donors (Lipinski definition) is 0. The Morgan fingerprint density at radius 3 is 2.18 bits per heavy atom. The molecule has 1 aliphatic rings. The number of hydrogen-bond acceptors (Lipinski definition) is 4. The molecule has 0 unspecified atom stereocenters. The molecule has 1 amide bonds. The van der Waals surface area contributed by atoms with Gasteiger partial charge in [-0.2, -0.15) is 13.2 Å². The van der Waals surface area contributed by atoms with E-state index >= 15 is 0 Å². The molecule has 3 aromatic rings. The van der Waals surface area contributed by atoms with Crippen LogP contribution in [0.25, 0.3) is 0 Å². The molecule has 1 aromatic heterocycles. The van der Waals surface area contributed by atoms with Gasteiger partial charge in [-0.3, -0.25) is 9.59 Å². The zero-order valence-corrected chi connectivity index (χ0v) is 18.1. The highest BCUT2D eigenvalue weighted by Gasteiger charge is 2.31. The van der Waals surface area contributed by atoms with Crippen LogP contribution in [0.5, 0.6) is 0 Å². The Kier molecular flexibility index (Phi) is 6.63. The summed E-state index contributed by atoms with van der Waals surface area (Å²) < 4.78 is 51.7. The summed E-state index contributed by atoms with van der Waals surface area (Å²) in [7, 11) is 0. The Morgan fingerprint density at radius 1 is 0.824 bits per heavy atom. The van der Waals surface area contributed by atoms with E-state index in [0.29, 0.717) is 38.4 Å². The smallest absolute Gasteiger partial charge is 0.355 e. The van der Waals surface area contributed by atoms with Crippen molar-refractivity contribution >= 4 is 17.5 Å². The topological polar surface area (TPSA) is 53.5 Å². The first-order valence-electron chi connectivity index (χ1n) is 10.7. The van der Waals surface area contributed by atoms with E-state index in [4.69, 9.17) is 0 Å². The summed E-state index contributed by atoms with van der Waals surface area (Å²) in [5.74, 6) is -0.741. The van der Waals surface area contributed by atoms with Gasteiger partial charge in [-0.15, -0.1) is 0 Å². The summed E-state index contributed by atoms with van der Waals surface area (Å²) in [4.78, 5) is 33.7. The molecule has 2 aromatic carbocycles. The number of ketones is 1. The minimum absolute atomic E-state index is 0.226. The SMILES string of the molecule is O=C(c1ccc(F)cc1)c1ccccc1C(=O)N1CCCN(c2ccc(C(F)(F)F)cn2)CC1. The van der Waals surface area contributed by atoms with Crippen LogP contribution >= 0.6 is 0 Å². The number of rotatable bonds is 4. The van der Waals surface area contributed by atoms with Crippen molar-refractivity contribution in [2.45, 2.75) is 12.6 Å². The minimum atomic E-state index is -4.45. The van der Waals surface area contributed by atoms with Crippen molar-refractivity contribution in [1.29, 1.82) is 0 Å². The molecule has 9 heteroatoms. The summed E-state index contributed by atoms with van der Waals surface area (Å²) in [6.45, 7) is 1.66. The van der Waals surface area contributed by atoms with E-state index in [1.807, 2.05) is 4.90 Å². The van der Waals surface area contributed by atoms with Gasteiger partial charge < -0.3 is 9.80 Å². The van der Waals surface area contributed by atoms with E-state index in [2.05, 4.69) is 4.98 Å². The molecule has 0 bridgehead atoms. The van der Waals surface area contributed by atoms with Crippen LogP contribution in [0.4, 0.5) is 23.4 Å². The summed E-state index contributed by atoms with van der Waals surface area (Å²) in [6.07, 6.45) is -3.06. The Labute approximate surface area is 193 Å². The standard InChI is InChI=1S/C25H21F4N3O2/c26-19-9-6-17(7-10-19)23(33)20-4-1-2-5-21(20)24(34)32-13-3-12-31(14-15-32)22-11-8-18(16-30-22)25(27,28)29/h1-2,4-11,16H,3,12-15H2. The second kappa shape index (κ2) is 9.62. The molecule has 1 fully saturated rings. The lowest BCUT2D eigenvalue weighted by Gasteiger charge is -2.23. The second-order valence-electron chi connectivity index (χ2n) is 7.92. The average Bonchev–Trinajstić information content (AvgIpc) is 3.10. The van der Waals surface area contributed by atoms with E-state index in [1.54, 1.807) is 29.2 Å². The first kappa shape index (κ1) is 23.4. The van der Waals surface area contributed by atoms with Crippen LogP contribution in [0, 0.1) is 5.82 Å². The number of carbonyl (C=O) groups excluding carboxylic acids is 2. The Balaban J connectivity index is 1.49. The van der Waals surface area contributed by atoms with Crippen molar-refractivity contribution in [3.63, 3.8) is 0 Å². The van der Waals surface area contributed by atoms with Crippen molar-refractivity contribution in [2.24, 2.45) is 0 Å². The van der Waals surface area contributed by atoms with Crippen LogP contribution in [0.15, 0.2) is 66.9 Å². The van der Waals surface area contributed by atoms with E-state index in [0.717, 1.165) is 12.3 Å². The lowest BCUT2D eigenvalue weighted by Crippen LogP contribution is -2.36. The fraction of sp³-hybridized carbons (Fsp3) is 0.240. The normalized spacial score (nSPS) is 14.6. The fourth-order valence-electron chi connectivity index (χ4n) is 3.89. The van der Waals surface area contributed by atoms with Gasteiger partial charge in [0.25, 0.3) is 5.91 Å². The monoisotopic (exact) mass is 471 g/mol. The molecule has 0 N–H and O–H groups in total. The Morgan fingerprint density at radius 2 is 1.53 bits per heavy atom. The zero-order chi connectivity index (χ0) is 24.3. The van der Waals surface area contributed by atoms with Crippen LogP contribution in [-0.2, 0) is 6.18 Å². The maximum Gasteiger partial charge on any atom is 0.417 e. The third-order valence-electron chi connectivity index (χ3n) is 5.69. The minimum Gasteiger partial charge on any atom is -0.355 e. The summed E-state index contributed by atoms with van der Waals surface area (Å²) >= 11 is 0. The third-order valence-corrected chi connectivity index (χ3v) is 5.69. The molecule has 176 valence electrons. The lowest BCUT2D eigenvalue weighted by molar-refractivity contribution is -0.137. The number of alkyl halides is 3. The summed E-state index contributed by atoms with van der Waals surface area (Å²) in [5, 5.41) is 0. The Bertz CT molecular complexity index is 1180. The number of carbonyl (C=O) groups is 2. The maximum atomic E-state index is 13.3. The maximum absolute atomic E-state index is 13.3. The molecule has 5 nitrogen and oxygen atoms in total. The molecule has 0 spiro atoms. The van der Waals surface area contributed by atoms with E-state index in [9.17, 15) is 27.2 Å². The van der Waals surface area contributed by atoms with Gasteiger partial charge in [-0.25, -0.2) is 9.37 Å². The van der Waals surface area contributed by atoms with Crippen molar-refractivity contribution in [3.05, 3.63) is 94.9 Å². The highest BCUT2D eigenvalue weighted by molar-refractivity contribution is 6.15. The van der Waals surface area contributed by atoms with Crippen LogP contribution in [-0.4, -0.2) is 47.8 Å². The predicted octanol–water partition coefficient (Wildman–Crippen LogP) is 4.82. The largest absolute Gasteiger partial charge is 0.417 e. The first-order valence-corrected chi connectivity index (χ1v) is 10.7. The van der Waals surface area contributed by atoms with Gasteiger partial charge in [0, 0.05) is 43.5 Å². The highest BCUT2D eigenvalue weighted by atomic mass is 19.4. The third kappa shape index (κ3) is 5.08. The quantitative estimate of drug-likeness (QED) is 0.404. The Hall–Kier alpha value is -3.75. The first-order chi connectivity index (χ1) is 16.2. The molecule has 4 rings (SSSR count). The molecule has 34 heavy (non-hydrogen) atoms. The summed E-state index contributed by atoms with van der Waals surface area (Å²) in [5.41, 5.74) is -0.0649. The van der Waals surface area contributed by atoms with Gasteiger partial charge in [-0.05, 0) is 48.9 Å². The van der Waals surface area contributed by atoms with Crippen LogP contribution in [0.3, 0.4) is 0 Å². The van der Waals surface area contributed by atoms with Crippen molar-refractivity contribution in [2.75, 3.05) is 31.1 Å². The van der Waals surface area contributed by atoms with E-state index < -0.39 is 17.6 Å². The number of pyridine rings is 1. The lowest BCUT2D eigenvalue weighted by atomic mass is 9.97. The molecule has 0 radical (unpaired) electrons. The van der Waals surface area contributed by atoms with Crippen molar-refractivity contribution in [3.8, 4) is 0 Å². The molecule has 2 heterocycles. The average molecular weight is 471 g/mol. The molecule has 0 aliphatic carbocycles. The number of anilines is 1. The zero-order valence-electron chi connectivity index (χ0n) is 18.1. The molecular formula is C25H21F4N3O2. The number of nitrogens with zero attached hydrogens (tertiary/aromatic N) is 3. The van der Waals surface area contributed by atoms with Gasteiger partial charge in [0.05, 0.1) is 11.1 Å². The van der Waals surface area contributed by atoms with Gasteiger partial charge in [0.1, 0.15) is 11.6 Å².